The number of thiophene rings is 1. The predicted octanol–water partition coefficient (Wildman–Crippen LogP) is 3.20. The van der Waals surface area contributed by atoms with Crippen LogP contribution in [0.1, 0.15) is 35.1 Å². The van der Waals surface area contributed by atoms with Crippen molar-refractivity contribution in [2.24, 2.45) is 0 Å². The summed E-state index contributed by atoms with van der Waals surface area (Å²) in [5.41, 5.74) is 0.396. The minimum absolute atomic E-state index is 0.0136. The Morgan fingerprint density at radius 1 is 1.38 bits per heavy atom. The molecule has 0 radical (unpaired) electrons. The molecule has 11 heteroatoms. The van der Waals surface area contributed by atoms with Gasteiger partial charge in [0.05, 0.1) is 23.9 Å². The van der Waals surface area contributed by atoms with Gasteiger partial charge in [0.2, 0.25) is 5.82 Å². The van der Waals surface area contributed by atoms with Gasteiger partial charge in [-0.25, -0.2) is 4.98 Å². The van der Waals surface area contributed by atoms with Crippen molar-refractivity contribution in [1.82, 2.24) is 25.0 Å². The number of carbonyl (C=O) groups excluding carboxylic acids is 1. The number of hydrogen-bond donors (Lipinski definition) is 1. The van der Waals surface area contributed by atoms with Crippen LogP contribution in [-0.4, -0.2) is 31.6 Å². The van der Waals surface area contributed by atoms with E-state index in [1.165, 1.54) is 23.9 Å². The lowest BCUT2D eigenvalue weighted by Crippen LogP contribution is -2.31. The molecule has 0 bridgehead atoms. The molecule has 7 nitrogen and oxygen atoms in total. The first-order chi connectivity index (χ1) is 12.2. The second kappa shape index (κ2) is 6.90. The summed E-state index contributed by atoms with van der Waals surface area (Å²) in [5, 5.41) is 6.15. The van der Waals surface area contributed by atoms with Crippen molar-refractivity contribution in [2.45, 2.75) is 32.6 Å². The first-order valence-corrected chi connectivity index (χ1v) is 8.36. The summed E-state index contributed by atoms with van der Waals surface area (Å²) in [6, 6.07) is 3.32. The first kappa shape index (κ1) is 18.1. The number of carbonyl (C=O) groups is 1. The molecule has 138 valence electrons. The predicted molar refractivity (Wildman–Crippen MR) is 86.5 cm³/mol. The van der Waals surface area contributed by atoms with E-state index in [9.17, 15) is 18.0 Å². The average Bonchev–Trinajstić information content (AvgIpc) is 3.26. The fraction of sp³-hybridized carbons (Fsp3) is 0.333. The highest BCUT2D eigenvalue weighted by Gasteiger charge is 2.38. The van der Waals surface area contributed by atoms with Crippen molar-refractivity contribution >= 4 is 17.2 Å². The maximum Gasteiger partial charge on any atom is 0.471 e. The lowest BCUT2D eigenvalue weighted by Gasteiger charge is -2.10. The molecule has 1 N–H and O–H groups in total. The maximum atomic E-state index is 12.5. The van der Waals surface area contributed by atoms with Gasteiger partial charge in [0.15, 0.2) is 0 Å². The number of halogens is 3. The summed E-state index contributed by atoms with van der Waals surface area (Å²) in [4.78, 5) is 20.7. The third-order valence-corrected chi connectivity index (χ3v) is 4.31. The number of nitrogens with zero attached hydrogens (tertiary/aromatic N) is 4. The van der Waals surface area contributed by atoms with E-state index in [1.807, 2.05) is 13.8 Å². The molecule has 1 amide bonds. The Morgan fingerprint density at radius 2 is 2.15 bits per heavy atom. The quantitative estimate of drug-likeness (QED) is 0.729. The fourth-order valence-corrected chi connectivity index (χ4v) is 3.09. The van der Waals surface area contributed by atoms with E-state index in [1.54, 1.807) is 16.7 Å². The van der Waals surface area contributed by atoms with Gasteiger partial charge in [-0.2, -0.15) is 18.2 Å². The maximum absolute atomic E-state index is 12.5. The van der Waals surface area contributed by atoms with Crippen LogP contribution in [0, 0.1) is 0 Å². The molecule has 0 aliphatic heterocycles. The summed E-state index contributed by atoms with van der Waals surface area (Å²) in [6.07, 6.45) is -1.70. The van der Waals surface area contributed by atoms with Crippen LogP contribution in [0.2, 0.25) is 0 Å². The van der Waals surface area contributed by atoms with E-state index in [2.05, 4.69) is 25.0 Å². The highest BCUT2D eigenvalue weighted by atomic mass is 32.1. The Bertz CT molecular complexity index is 912. The lowest BCUT2D eigenvalue weighted by molar-refractivity contribution is -0.159. The van der Waals surface area contributed by atoms with Crippen molar-refractivity contribution in [3.05, 3.63) is 41.1 Å². The second-order valence-electron chi connectivity index (χ2n) is 5.72. The molecule has 0 saturated carbocycles. The molecule has 0 spiro atoms. The molecule has 0 aliphatic rings. The molecule has 3 rings (SSSR count). The number of aromatic nitrogens is 4. The molecule has 3 heterocycles. The molecule has 0 atom stereocenters. The van der Waals surface area contributed by atoms with E-state index in [-0.39, 0.29) is 17.8 Å². The molecule has 0 unspecified atom stereocenters. The van der Waals surface area contributed by atoms with Crippen LogP contribution in [0.4, 0.5) is 13.2 Å². The smallest absolute Gasteiger partial charge is 0.349 e. The molecule has 0 aliphatic carbocycles. The molecule has 3 aromatic heterocycles. The van der Waals surface area contributed by atoms with Crippen LogP contribution in [-0.2, 0) is 12.7 Å². The first-order valence-electron chi connectivity index (χ1n) is 7.55. The van der Waals surface area contributed by atoms with Gasteiger partial charge in [-0.15, -0.1) is 11.3 Å². The second-order valence-corrected chi connectivity index (χ2v) is 6.89. The number of alkyl halides is 3. The number of nitrogens with one attached hydrogen (secondary N) is 1. The van der Waals surface area contributed by atoms with Crippen LogP contribution >= 0.6 is 11.3 Å². The zero-order valence-electron chi connectivity index (χ0n) is 13.7. The summed E-state index contributed by atoms with van der Waals surface area (Å²) < 4.78 is 43.5. The molecule has 0 aromatic carbocycles. The highest BCUT2D eigenvalue weighted by Crippen LogP contribution is 2.31. The van der Waals surface area contributed by atoms with Gasteiger partial charge in [0.25, 0.3) is 5.91 Å². The number of amides is 1. The minimum Gasteiger partial charge on any atom is -0.349 e. The minimum atomic E-state index is -4.68. The Hall–Kier alpha value is -2.69. The number of rotatable bonds is 5. The Labute approximate surface area is 149 Å². The largest absolute Gasteiger partial charge is 0.471 e. The van der Waals surface area contributed by atoms with Crippen molar-refractivity contribution < 1.29 is 22.5 Å². The van der Waals surface area contributed by atoms with Crippen LogP contribution in [0.5, 0.6) is 0 Å². The van der Waals surface area contributed by atoms with Crippen molar-refractivity contribution in [1.29, 1.82) is 0 Å². The van der Waals surface area contributed by atoms with Crippen LogP contribution in [0.25, 0.3) is 10.7 Å². The third kappa shape index (κ3) is 3.93. The van der Waals surface area contributed by atoms with Crippen LogP contribution in [0.3, 0.4) is 0 Å². The third-order valence-electron chi connectivity index (χ3n) is 3.24. The van der Waals surface area contributed by atoms with E-state index < -0.39 is 12.1 Å². The molecule has 0 fully saturated rings. The summed E-state index contributed by atoms with van der Waals surface area (Å²) in [7, 11) is 0. The van der Waals surface area contributed by atoms with E-state index >= 15 is 0 Å². The standard InChI is InChI=1S/C15H14F3N5O2S/c1-8(2)20-13(24)10-5-19-7-23(10)6-9-3-4-11(26-9)12-21-14(25-22-12)15(16,17)18/h3-5,7-8H,6H2,1-2H3,(H,20,24). The molecular weight excluding hydrogens is 371 g/mol. The Balaban J connectivity index is 1.77. The van der Waals surface area contributed by atoms with Crippen molar-refractivity contribution in [3.63, 3.8) is 0 Å². The van der Waals surface area contributed by atoms with Gasteiger partial charge in [0, 0.05) is 10.9 Å². The van der Waals surface area contributed by atoms with Crippen molar-refractivity contribution in [3.8, 4) is 10.7 Å². The SMILES string of the molecule is CC(C)NC(=O)c1cncn1Cc1ccc(-c2noc(C(F)(F)F)n2)s1. The van der Waals surface area contributed by atoms with Gasteiger partial charge in [0.1, 0.15) is 5.69 Å². The topological polar surface area (TPSA) is 85.8 Å². The zero-order valence-corrected chi connectivity index (χ0v) is 14.6. The molecule has 3 aromatic rings. The van der Waals surface area contributed by atoms with Crippen molar-refractivity contribution in [2.75, 3.05) is 0 Å². The monoisotopic (exact) mass is 385 g/mol. The fourth-order valence-electron chi connectivity index (χ4n) is 2.16. The van der Waals surface area contributed by atoms with Gasteiger partial charge < -0.3 is 14.4 Å². The van der Waals surface area contributed by atoms with E-state index in [4.69, 9.17) is 0 Å². The summed E-state index contributed by atoms with van der Waals surface area (Å²) in [5.74, 6) is -1.76. The lowest BCUT2D eigenvalue weighted by atomic mass is 10.3. The number of hydrogen-bond acceptors (Lipinski definition) is 6. The average molecular weight is 385 g/mol. The van der Waals surface area contributed by atoms with Crippen LogP contribution in [0.15, 0.2) is 29.2 Å². The van der Waals surface area contributed by atoms with Gasteiger partial charge in [-0.3, -0.25) is 4.79 Å². The van der Waals surface area contributed by atoms with E-state index in [0.717, 1.165) is 4.88 Å². The molecule has 26 heavy (non-hydrogen) atoms. The number of imidazole rings is 1. The van der Waals surface area contributed by atoms with E-state index in [0.29, 0.717) is 17.1 Å². The summed E-state index contributed by atoms with van der Waals surface area (Å²) >= 11 is 1.21. The zero-order chi connectivity index (χ0) is 18.9. The Morgan fingerprint density at radius 3 is 2.81 bits per heavy atom. The van der Waals surface area contributed by atoms with Crippen LogP contribution < -0.4 is 5.32 Å². The summed E-state index contributed by atoms with van der Waals surface area (Å²) in [6.45, 7) is 4.05. The molecular formula is C15H14F3N5O2S. The van der Waals surface area contributed by atoms with Gasteiger partial charge >= 0.3 is 12.1 Å². The highest BCUT2D eigenvalue weighted by molar-refractivity contribution is 7.15. The van der Waals surface area contributed by atoms with Gasteiger partial charge in [-0.05, 0) is 26.0 Å². The normalized spacial score (nSPS) is 11.9. The Kier molecular flexibility index (Phi) is 4.81. The van der Waals surface area contributed by atoms with Gasteiger partial charge in [-0.1, -0.05) is 5.16 Å². The molecule has 0 saturated heterocycles.